The lowest BCUT2D eigenvalue weighted by Crippen LogP contribution is -2.46. The highest BCUT2D eigenvalue weighted by atomic mass is 35.5. The second-order valence-electron chi connectivity index (χ2n) is 5.83. The van der Waals surface area contributed by atoms with E-state index in [4.69, 9.17) is 21.1 Å². The van der Waals surface area contributed by atoms with Gasteiger partial charge in [0.05, 0.1) is 11.1 Å². The largest absolute Gasteiger partial charge is 0.480 e. The topological polar surface area (TPSA) is 88.4 Å². The van der Waals surface area contributed by atoms with Crippen LogP contribution in [0.1, 0.15) is 31.2 Å². The number of carbonyl (C=O) groups excluding carboxylic acids is 2. The monoisotopic (exact) mass is 350 g/mol. The second-order valence-corrected chi connectivity index (χ2v) is 6.24. The van der Waals surface area contributed by atoms with Crippen LogP contribution in [-0.4, -0.2) is 30.6 Å². The predicted molar refractivity (Wildman–Crippen MR) is 87.6 cm³/mol. The molecule has 0 heterocycles. The van der Waals surface area contributed by atoms with Crippen LogP contribution in [0.5, 0.6) is 5.75 Å². The molecule has 0 spiro atoms. The SMILES string of the molecule is Cc1ccc(Cl)c(OCC(=O)OCC(=O)NC2(C#N)CCCC2)c1. The van der Waals surface area contributed by atoms with Crippen LogP contribution in [0.4, 0.5) is 0 Å². The number of aryl methyl sites for hydroxylation is 1. The smallest absolute Gasteiger partial charge is 0.344 e. The van der Waals surface area contributed by atoms with Crippen LogP contribution in [0.25, 0.3) is 0 Å². The fourth-order valence-electron chi connectivity index (χ4n) is 2.59. The number of nitriles is 1. The fourth-order valence-corrected chi connectivity index (χ4v) is 2.76. The van der Waals surface area contributed by atoms with Gasteiger partial charge in [-0.3, -0.25) is 4.79 Å². The average Bonchev–Trinajstić information content (AvgIpc) is 3.02. The number of carbonyl (C=O) groups is 2. The van der Waals surface area contributed by atoms with Gasteiger partial charge in [-0.15, -0.1) is 0 Å². The molecule has 1 fully saturated rings. The lowest BCUT2D eigenvalue weighted by atomic mass is 10.00. The first kappa shape index (κ1) is 18.1. The van der Waals surface area contributed by atoms with E-state index in [-0.39, 0.29) is 6.61 Å². The zero-order valence-corrected chi connectivity index (χ0v) is 14.2. The van der Waals surface area contributed by atoms with Crippen molar-refractivity contribution in [2.24, 2.45) is 0 Å². The summed E-state index contributed by atoms with van der Waals surface area (Å²) in [7, 11) is 0. The summed E-state index contributed by atoms with van der Waals surface area (Å²) >= 11 is 5.96. The molecule has 0 unspecified atom stereocenters. The summed E-state index contributed by atoms with van der Waals surface area (Å²) in [5.74, 6) is -0.784. The molecular formula is C17H19ClN2O4. The van der Waals surface area contributed by atoms with Crippen LogP contribution >= 0.6 is 11.6 Å². The summed E-state index contributed by atoms with van der Waals surface area (Å²) in [6.45, 7) is 1.09. The molecule has 7 heteroatoms. The number of halogens is 1. The molecule has 0 radical (unpaired) electrons. The Morgan fingerprint density at radius 2 is 2.04 bits per heavy atom. The molecule has 1 amide bonds. The van der Waals surface area contributed by atoms with Gasteiger partial charge in [-0.05, 0) is 50.3 Å². The Hall–Kier alpha value is -2.26. The lowest BCUT2D eigenvalue weighted by molar-refractivity contribution is -0.150. The minimum absolute atomic E-state index is 0.347. The van der Waals surface area contributed by atoms with Crippen LogP contribution in [0.3, 0.4) is 0 Å². The highest BCUT2D eigenvalue weighted by Crippen LogP contribution is 2.28. The maximum absolute atomic E-state index is 11.8. The molecule has 2 rings (SSSR count). The molecule has 0 aliphatic heterocycles. The van der Waals surface area contributed by atoms with E-state index in [1.54, 1.807) is 12.1 Å². The van der Waals surface area contributed by atoms with Gasteiger partial charge in [-0.1, -0.05) is 17.7 Å². The van der Waals surface area contributed by atoms with Crippen molar-refractivity contribution in [3.63, 3.8) is 0 Å². The number of nitrogens with one attached hydrogen (secondary N) is 1. The van der Waals surface area contributed by atoms with Crippen molar-refractivity contribution in [2.75, 3.05) is 13.2 Å². The third-order valence-corrected chi connectivity index (χ3v) is 4.16. The molecule has 1 aromatic rings. The quantitative estimate of drug-likeness (QED) is 0.796. The fraction of sp³-hybridized carbons (Fsp3) is 0.471. The van der Waals surface area contributed by atoms with Crippen LogP contribution < -0.4 is 10.1 Å². The molecule has 1 aliphatic carbocycles. The standard InChI is InChI=1S/C17H19ClN2O4/c1-12-4-5-13(18)14(8-12)23-10-16(22)24-9-15(21)20-17(11-19)6-2-3-7-17/h4-5,8H,2-3,6-7,9-10H2,1H3,(H,20,21). The molecule has 128 valence electrons. The summed E-state index contributed by atoms with van der Waals surface area (Å²) in [5.41, 5.74) is 0.121. The van der Waals surface area contributed by atoms with E-state index in [1.807, 2.05) is 13.0 Å². The van der Waals surface area contributed by atoms with Crippen LogP contribution in [-0.2, 0) is 14.3 Å². The van der Waals surface area contributed by atoms with Gasteiger partial charge in [-0.2, -0.15) is 5.26 Å². The van der Waals surface area contributed by atoms with Gasteiger partial charge >= 0.3 is 5.97 Å². The Morgan fingerprint density at radius 1 is 1.33 bits per heavy atom. The van der Waals surface area contributed by atoms with Gasteiger partial charge in [-0.25, -0.2) is 4.79 Å². The minimum atomic E-state index is -0.824. The van der Waals surface area contributed by atoms with Crippen molar-refractivity contribution >= 4 is 23.5 Å². The van der Waals surface area contributed by atoms with E-state index >= 15 is 0 Å². The number of amides is 1. The molecule has 0 bridgehead atoms. The van der Waals surface area contributed by atoms with E-state index in [2.05, 4.69) is 11.4 Å². The van der Waals surface area contributed by atoms with Crippen LogP contribution in [0, 0.1) is 18.3 Å². The number of hydrogen-bond donors (Lipinski definition) is 1. The number of esters is 1. The average molecular weight is 351 g/mol. The lowest BCUT2D eigenvalue weighted by Gasteiger charge is -2.21. The molecule has 6 nitrogen and oxygen atoms in total. The second kappa shape index (κ2) is 8.02. The van der Waals surface area contributed by atoms with Gasteiger partial charge in [0.15, 0.2) is 13.2 Å². The molecule has 0 saturated heterocycles. The van der Waals surface area contributed by atoms with Crippen molar-refractivity contribution in [2.45, 2.75) is 38.1 Å². The summed E-state index contributed by atoms with van der Waals surface area (Å²) in [4.78, 5) is 23.5. The summed E-state index contributed by atoms with van der Waals surface area (Å²) < 4.78 is 10.2. The minimum Gasteiger partial charge on any atom is -0.480 e. The summed E-state index contributed by atoms with van der Waals surface area (Å²) in [6, 6.07) is 7.35. The highest BCUT2D eigenvalue weighted by molar-refractivity contribution is 6.32. The number of benzene rings is 1. The van der Waals surface area contributed by atoms with Crippen LogP contribution in [0.2, 0.25) is 5.02 Å². The van der Waals surface area contributed by atoms with Gasteiger partial charge in [0.2, 0.25) is 0 Å². The Kier molecular flexibility index (Phi) is 6.04. The molecule has 24 heavy (non-hydrogen) atoms. The Balaban J connectivity index is 1.76. The van der Waals surface area contributed by atoms with Crippen molar-refractivity contribution in [1.29, 1.82) is 5.26 Å². The number of ether oxygens (including phenoxy) is 2. The highest BCUT2D eigenvalue weighted by Gasteiger charge is 2.35. The van der Waals surface area contributed by atoms with Gasteiger partial charge in [0.1, 0.15) is 11.3 Å². The molecule has 1 saturated carbocycles. The molecule has 1 aliphatic rings. The number of hydrogen-bond acceptors (Lipinski definition) is 5. The maximum atomic E-state index is 11.8. The van der Waals surface area contributed by atoms with Crippen LogP contribution in [0.15, 0.2) is 18.2 Å². The maximum Gasteiger partial charge on any atom is 0.344 e. The third-order valence-electron chi connectivity index (χ3n) is 3.85. The number of nitrogens with zero attached hydrogens (tertiary/aromatic N) is 1. The van der Waals surface area contributed by atoms with E-state index < -0.39 is 24.0 Å². The van der Waals surface area contributed by atoms with Gasteiger partial charge in [0, 0.05) is 0 Å². The van der Waals surface area contributed by atoms with Crippen molar-refractivity contribution in [3.05, 3.63) is 28.8 Å². The predicted octanol–water partition coefficient (Wildman–Crippen LogP) is 2.52. The van der Waals surface area contributed by atoms with Crippen molar-refractivity contribution < 1.29 is 19.1 Å². The van der Waals surface area contributed by atoms with Gasteiger partial charge < -0.3 is 14.8 Å². The summed E-state index contributed by atoms with van der Waals surface area (Å²) in [5, 5.41) is 12.2. The Bertz CT molecular complexity index is 663. The van der Waals surface area contributed by atoms with E-state index in [1.165, 1.54) is 0 Å². The Labute approximate surface area is 145 Å². The first-order valence-electron chi connectivity index (χ1n) is 7.71. The summed E-state index contributed by atoms with van der Waals surface area (Å²) in [6.07, 6.45) is 3.05. The van der Waals surface area contributed by atoms with E-state index in [0.29, 0.717) is 23.6 Å². The molecule has 0 aromatic heterocycles. The molecular weight excluding hydrogens is 332 g/mol. The molecule has 1 N–H and O–H groups in total. The number of rotatable bonds is 6. The van der Waals surface area contributed by atoms with Crippen molar-refractivity contribution in [1.82, 2.24) is 5.32 Å². The van der Waals surface area contributed by atoms with E-state index in [0.717, 1.165) is 18.4 Å². The molecule has 1 aromatic carbocycles. The zero-order valence-electron chi connectivity index (χ0n) is 13.4. The first-order valence-corrected chi connectivity index (χ1v) is 8.09. The van der Waals surface area contributed by atoms with Gasteiger partial charge in [0.25, 0.3) is 5.91 Å². The van der Waals surface area contributed by atoms with Crippen molar-refractivity contribution in [3.8, 4) is 11.8 Å². The third kappa shape index (κ3) is 4.87. The molecule has 0 atom stereocenters. The zero-order chi connectivity index (χ0) is 17.6. The van der Waals surface area contributed by atoms with E-state index in [9.17, 15) is 14.9 Å². The Morgan fingerprint density at radius 3 is 2.71 bits per heavy atom. The first-order chi connectivity index (χ1) is 11.4. The normalized spacial score (nSPS) is 15.4.